The Bertz CT molecular complexity index is 1040. The molecule has 11 heteroatoms. The fourth-order valence-corrected chi connectivity index (χ4v) is 3.86. The normalized spacial score (nSPS) is 15.9. The molecule has 0 N–H and O–H groups in total. The number of hydrogen-bond donors (Lipinski definition) is 0. The summed E-state index contributed by atoms with van der Waals surface area (Å²) in [6.45, 7) is 3.26. The van der Waals surface area contributed by atoms with Crippen LogP contribution in [0.5, 0.6) is 5.75 Å². The van der Waals surface area contributed by atoms with Gasteiger partial charge >= 0.3 is 0 Å². The maximum atomic E-state index is 13.3. The van der Waals surface area contributed by atoms with Crippen molar-refractivity contribution in [1.82, 2.24) is 4.90 Å². The second kappa shape index (κ2) is 9.08. The lowest BCUT2D eigenvalue weighted by Gasteiger charge is -2.41. The summed E-state index contributed by atoms with van der Waals surface area (Å²) in [4.78, 5) is 40.0. The molecule has 0 bridgehead atoms. The quantitative estimate of drug-likeness (QED) is 0.493. The van der Waals surface area contributed by atoms with Crippen molar-refractivity contribution >= 4 is 28.7 Å². The van der Waals surface area contributed by atoms with Crippen LogP contribution in [-0.2, 0) is 0 Å². The standard InChI is InChI=1S/C21H25N5O6/c1-14-13-23(9-10-24(14)15-5-7-16(8-6-15)25(28)29)21(27)17-11-19(26(30)31)18(22(2)3)12-20(17)32-4/h5-8,11-12,14H,9-10,13H2,1-4H3. The molecule has 1 atom stereocenters. The molecule has 0 saturated carbocycles. The molecule has 1 aliphatic heterocycles. The van der Waals surface area contributed by atoms with Gasteiger partial charge in [-0.2, -0.15) is 0 Å². The van der Waals surface area contributed by atoms with Gasteiger partial charge in [0.05, 0.1) is 22.5 Å². The van der Waals surface area contributed by atoms with Gasteiger partial charge in [-0.15, -0.1) is 0 Å². The van der Waals surface area contributed by atoms with Crippen molar-refractivity contribution in [2.75, 3.05) is 50.6 Å². The first kappa shape index (κ1) is 22.8. The number of benzene rings is 2. The van der Waals surface area contributed by atoms with Crippen LogP contribution in [0.15, 0.2) is 36.4 Å². The van der Waals surface area contributed by atoms with Crippen molar-refractivity contribution in [1.29, 1.82) is 0 Å². The number of rotatable bonds is 6. The van der Waals surface area contributed by atoms with Crippen LogP contribution in [0.3, 0.4) is 0 Å². The van der Waals surface area contributed by atoms with Gasteiger partial charge in [0.25, 0.3) is 17.3 Å². The molecular weight excluding hydrogens is 418 g/mol. The summed E-state index contributed by atoms with van der Waals surface area (Å²) in [6, 6.07) is 9.00. The second-order valence-corrected chi connectivity index (χ2v) is 7.76. The molecule has 32 heavy (non-hydrogen) atoms. The van der Waals surface area contributed by atoms with E-state index in [2.05, 4.69) is 4.90 Å². The maximum absolute atomic E-state index is 13.3. The van der Waals surface area contributed by atoms with Gasteiger partial charge in [0.2, 0.25) is 0 Å². The number of nitro groups is 2. The predicted molar refractivity (Wildman–Crippen MR) is 120 cm³/mol. The first-order chi connectivity index (χ1) is 15.1. The molecule has 1 amide bonds. The van der Waals surface area contributed by atoms with Crippen LogP contribution < -0.4 is 14.5 Å². The number of carbonyl (C=O) groups excluding carboxylic acids is 1. The lowest BCUT2D eigenvalue weighted by atomic mass is 10.1. The lowest BCUT2D eigenvalue weighted by molar-refractivity contribution is -0.384. The average molecular weight is 443 g/mol. The molecular formula is C21H25N5O6. The third-order valence-electron chi connectivity index (χ3n) is 5.51. The number of amides is 1. The van der Waals surface area contributed by atoms with E-state index in [1.54, 1.807) is 36.0 Å². The van der Waals surface area contributed by atoms with Crippen LogP contribution in [-0.4, -0.2) is 67.5 Å². The van der Waals surface area contributed by atoms with Crippen LogP contribution in [0.25, 0.3) is 0 Å². The van der Waals surface area contributed by atoms with Gasteiger partial charge in [0, 0.05) is 69.7 Å². The van der Waals surface area contributed by atoms with Crippen LogP contribution in [0.1, 0.15) is 17.3 Å². The molecule has 1 saturated heterocycles. The summed E-state index contributed by atoms with van der Waals surface area (Å²) in [7, 11) is 4.79. The minimum Gasteiger partial charge on any atom is -0.496 e. The summed E-state index contributed by atoms with van der Waals surface area (Å²) in [5.74, 6) is -0.0693. The highest BCUT2D eigenvalue weighted by Crippen LogP contribution is 2.35. The molecule has 0 aliphatic carbocycles. The number of carbonyl (C=O) groups is 1. The van der Waals surface area contributed by atoms with Crippen molar-refractivity contribution in [3.63, 3.8) is 0 Å². The first-order valence-electron chi connectivity index (χ1n) is 9.98. The Morgan fingerprint density at radius 2 is 1.75 bits per heavy atom. The topological polar surface area (TPSA) is 122 Å². The number of anilines is 2. The van der Waals surface area contributed by atoms with Crippen molar-refractivity contribution < 1.29 is 19.4 Å². The minimum atomic E-state index is -0.513. The third-order valence-corrected chi connectivity index (χ3v) is 5.51. The molecule has 1 aliphatic rings. The van der Waals surface area contributed by atoms with Gasteiger partial charge in [0.15, 0.2) is 0 Å². The molecule has 2 aromatic rings. The zero-order chi connectivity index (χ0) is 23.6. The van der Waals surface area contributed by atoms with Gasteiger partial charge in [0.1, 0.15) is 11.4 Å². The van der Waals surface area contributed by atoms with E-state index in [4.69, 9.17) is 4.74 Å². The molecule has 1 heterocycles. The Labute approximate surface area is 185 Å². The van der Waals surface area contributed by atoms with Crippen LogP contribution >= 0.6 is 0 Å². The van der Waals surface area contributed by atoms with E-state index in [1.165, 1.54) is 31.4 Å². The van der Waals surface area contributed by atoms with Gasteiger partial charge in [-0.1, -0.05) is 0 Å². The molecule has 2 aromatic carbocycles. The third kappa shape index (κ3) is 4.41. The molecule has 170 valence electrons. The highest BCUT2D eigenvalue weighted by Gasteiger charge is 2.31. The highest BCUT2D eigenvalue weighted by atomic mass is 16.6. The summed E-state index contributed by atoms with van der Waals surface area (Å²) >= 11 is 0. The van der Waals surface area contributed by atoms with Crippen molar-refractivity contribution in [3.8, 4) is 5.75 Å². The van der Waals surface area contributed by atoms with Gasteiger partial charge < -0.3 is 19.4 Å². The number of piperazine rings is 1. The van der Waals surface area contributed by atoms with E-state index in [0.717, 1.165) is 5.69 Å². The van der Waals surface area contributed by atoms with Gasteiger partial charge in [-0.3, -0.25) is 25.0 Å². The van der Waals surface area contributed by atoms with E-state index in [9.17, 15) is 25.0 Å². The van der Waals surface area contributed by atoms with E-state index < -0.39 is 9.85 Å². The van der Waals surface area contributed by atoms with Crippen molar-refractivity contribution in [3.05, 3.63) is 62.2 Å². The van der Waals surface area contributed by atoms with Crippen molar-refractivity contribution in [2.24, 2.45) is 0 Å². The average Bonchev–Trinajstić information content (AvgIpc) is 2.77. The SMILES string of the molecule is COc1cc(N(C)C)c([N+](=O)[O-])cc1C(=O)N1CCN(c2ccc([N+](=O)[O-])cc2)C(C)C1. The summed E-state index contributed by atoms with van der Waals surface area (Å²) in [6.07, 6.45) is 0. The number of nitro benzene ring substituents is 2. The van der Waals surface area contributed by atoms with Crippen LogP contribution in [0, 0.1) is 20.2 Å². The molecule has 0 radical (unpaired) electrons. The van der Waals surface area contributed by atoms with Crippen LogP contribution in [0.4, 0.5) is 22.7 Å². The Morgan fingerprint density at radius 1 is 1.09 bits per heavy atom. The number of methoxy groups -OCH3 is 1. The zero-order valence-electron chi connectivity index (χ0n) is 18.3. The first-order valence-corrected chi connectivity index (χ1v) is 9.98. The Kier molecular flexibility index (Phi) is 6.47. The smallest absolute Gasteiger partial charge is 0.293 e. The Hall–Kier alpha value is -3.89. The van der Waals surface area contributed by atoms with E-state index in [1.807, 2.05) is 6.92 Å². The number of non-ortho nitro benzene ring substituents is 1. The van der Waals surface area contributed by atoms with Crippen LogP contribution in [0.2, 0.25) is 0 Å². The molecule has 11 nitrogen and oxygen atoms in total. The molecule has 0 spiro atoms. The van der Waals surface area contributed by atoms with Gasteiger partial charge in [-0.25, -0.2) is 0 Å². The maximum Gasteiger partial charge on any atom is 0.293 e. The predicted octanol–water partition coefficient (Wildman–Crippen LogP) is 2.93. The molecule has 3 rings (SSSR count). The zero-order valence-corrected chi connectivity index (χ0v) is 18.3. The summed E-state index contributed by atoms with van der Waals surface area (Å²) in [5, 5.41) is 22.4. The molecule has 1 fully saturated rings. The summed E-state index contributed by atoms with van der Waals surface area (Å²) in [5.41, 5.74) is 1.17. The largest absolute Gasteiger partial charge is 0.496 e. The van der Waals surface area contributed by atoms with Gasteiger partial charge in [-0.05, 0) is 19.1 Å². The Morgan fingerprint density at radius 3 is 2.25 bits per heavy atom. The van der Waals surface area contributed by atoms with Crippen molar-refractivity contribution in [2.45, 2.75) is 13.0 Å². The molecule has 0 aromatic heterocycles. The number of ether oxygens (including phenoxy) is 1. The second-order valence-electron chi connectivity index (χ2n) is 7.76. The highest BCUT2D eigenvalue weighted by molar-refractivity contribution is 5.99. The number of hydrogen-bond acceptors (Lipinski definition) is 8. The number of nitrogens with zero attached hydrogens (tertiary/aromatic N) is 5. The fraction of sp³-hybridized carbons (Fsp3) is 0.381. The fourth-order valence-electron chi connectivity index (χ4n) is 3.86. The lowest BCUT2D eigenvalue weighted by Crippen LogP contribution is -2.53. The van der Waals surface area contributed by atoms with E-state index >= 15 is 0 Å². The minimum absolute atomic E-state index is 0.0186. The molecule has 1 unspecified atom stereocenters. The Balaban J connectivity index is 1.83. The summed E-state index contributed by atoms with van der Waals surface area (Å²) < 4.78 is 5.37. The van der Waals surface area contributed by atoms with E-state index in [0.29, 0.717) is 25.3 Å². The van der Waals surface area contributed by atoms with E-state index in [-0.39, 0.29) is 34.6 Å². The monoisotopic (exact) mass is 443 g/mol.